The molecule has 3 aromatic rings. The maximum atomic E-state index is 12.8. The normalized spacial score (nSPS) is 11.2. The summed E-state index contributed by atoms with van der Waals surface area (Å²) in [6, 6.07) is 7.61. The number of likely N-dealkylation sites (N-methyl/N-ethyl adjacent to an activating group) is 1. The summed E-state index contributed by atoms with van der Waals surface area (Å²) in [7, 11) is 1.62. The number of nitrogens with one attached hydrogen (secondary N) is 1. The number of halogens is 1. The van der Waals surface area contributed by atoms with Crippen molar-refractivity contribution in [1.29, 1.82) is 0 Å². The summed E-state index contributed by atoms with van der Waals surface area (Å²) in [6.07, 6.45) is 3.00. The van der Waals surface area contributed by atoms with Gasteiger partial charge < -0.3 is 9.88 Å². The summed E-state index contributed by atoms with van der Waals surface area (Å²) in [6.45, 7) is 0.188. The highest BCUT2D eigenvalue weighted by Crippen LogP contribution is 2.14. The topological polar surface area (TPSA) is 66.1 Å². The van der Waals surface area contributed by atoms with Crippen LogP contribution in [-0.2, 0) is 11.3 Å². The molecule has 24 heavy (non-hydrogen) atoms. The van der Waals surface area contributed by atoms with Gasteiger partial charge in [0.05, 0.1) is 12.1 Å². The molecule has 2 heterocycles. The molecular formula is C17H14FN3O2S. The Bertz CT molecular complexity index is 960. The van der Waals surface area contributed by atoms with Crippen molar-refractivity contribution in [2.75, 3.05) is 7.05 Å². The van der Waals surface area contributed by atoms with Crippen LogP contribution < -0.4 is 5.56 Å². The Morgan fingerprint density at radius 1 is 1.33 bits per heavy atom. The Morgan fingerprint density at radius 2 is 2.08 bits per heavy atom. The Balaban J connectivity index is 1.70. The number of aromatic nitrogens is 2. The number of hydrogen-bond acceptors (Lipinski definition) is 4. The van der Waals surface area contributed by atoms with E-state index in [9.17, 15) is 14.0 Å². The predicted octanol–water partition coefficient (Wildman–Crippen LogP) is 2.80. The van der Waals surface area contributed by atoms with E-state index in [2.05, 4.69) is 9.97 Å². The van der Waals surface area contributed by atoms with Gasteiger partial charge in [0.1, 0.15) is 16.3 Å². The van der Waals surface area contributed by atoms with Gasteiger partial charge in [-0.15, -0.1) is 11.3 Å². The molecule has 2 aromatic heterocycles. The first kappa shape index (κ1) is 16.1. The number of amides is 1. The van der Waals surface area contributed by atoms with Gasteiger partial charge in [0, 0.05) is 13.1 Å². The third kappa shape index (κ3) is 3.57. The van der Waals surface area contributed by atoms with Crippen molar-refractivity contribution < 1.29 is 9.18 Å². The van der Waals surface area contributed by atoms with E-state index < -0.39 is 0 Å². The fourth-order valence-electron chi connectivity index (χ4n) is 2.17. The second-order valence-electron chi connectivity index (χ2n) is 5.23. The maximum absolute atomic E-state index is 12.8. The molecule has 1 amide bonds. The van der Waals surface area contributed by atoms with Crippen LogP contribution in [0.1, 0.15) is 11.4 Å². The molecule has 0 radical (unpaired) electrons. The summed E-state index contributed by atoms with van der Waals surface area (Å²) in [4.78, 5) is 32.5. The van der Waals surface area contributed by atoms with Crippen LogP contribution in [0.3, 0.4) is 0 Å². The summed E-state index contributed by atoms with van der Waals surface area (Å²) in [5.41, 5.74) is 1.15. The molecule has 3 rings (SSSR count). The van der Waals surface area contributed by atoms with Gasteiger partial charge in [-0.05, 0) is 35.2 Å². The van der Waals surface area contributed by atoms with Crippen LogP contribution in [0.5, 0.6) is 0 Å². The van der Waals surface area contributed by atoms with Crippen molar-refractivity contribution in [3.05, 3.63) is 69.3 Å². The minimum atomic E-state index is -0.325. The summed E-state index contributed by atoms with van der Waals surface area (Å²) in [5.74, 6) is -0.140. The molecule has 0 bridgehead atoms. The molecule has 0 saturated carbocycles. The Labute approximate surface area is 141 Å². The molecule has 0 aliphatic carbocycles. The summed E-state index contributed by atoms with van der Waals surface area (Å²) >= 11 is 1.33. The fraction of sp³-hybridized carbons (Fsp3) is 0.118. The lowest BCUT2D eigenvalue weighted by atomic mass is 10.2. The van der Waals surface area contributed by atoms with E-state index in [0.29, 0.717) is 16.0 Å². The van der Waals surface area contributed by atoms with Gasteiger partial charge >= 0.3 is 0 Å². The number of carbonyl (C=O) groups excluding carboxylic acids is 1. The van der Waals surface area contributed by atoms with Crippen molar-refractivity contribution in [2.24, 2.45) is 0 Å². The van der Waals surface area contributed by atoms with E-state index >= 15 is 0 Å². The number of H-pyrrole nitrogens is 1. The van der Waals surface area contributed by atoms with Crippen molar-refractivity contribution in [3.63, 3.8) is 0 Å². The Hall–Kier alpha value is -2.80. The van der Waals surface area contributed by atoms with Crippen LogP contribution in [0, 0.1) is 5.82 Å². The average molecular weight is 343 g/mol. The number of fused-ring (bicyclic) bond motifs is 1. The van der Waals surface area contributed by atoms with Crippen molar-refractivity contribution in [1.82, 2.24) is 14.9 Å². The van der Waals surface area contributed by atoms with E-state index in [1.165, 1.54) is 34.4 Å². The van der Waals surface area contributed by atoms with Crippen molar-refractivity contribution >= 4 is 33.5 Å². The molecule has 7 heteroatoms. The van der Waals surface area contributed by atoms with Crippen LogP contribution in [0.2, 0.25) is 0 Å². The van der Waals surface area contributed by atoms with Gasteiger partial charge in [0.15, 0.2) is 0 Å². The van der Waals surface area contributed by atoms with Crippen LogP contribution in [0.4, 0.5) is 4.39 Å². The molecule has 0 spiro atoms. The lowest BCUT2D eigenvalue weighted by Crippen LogP contribution is -2.26. The number of rotatable bonds is 4. The standard InChI is InChI=1S/C17H14FN3O2S/c1-21(15(22)7-4-11-2-5-12(18)6-3-11)10-14-19-13-8-9-24-16(13)17(23)20-14/h2-9H,10H2,1H3,(H,19,20,23)/b7-4+. The van der Waals surface area contributed by atoms with Gasteiger partial charge in [-0.25, -0.2) is 9.37 Å². The number of benzene rings is 1. The van der Waals surface area contributed by atoms with Gasteiger partial charge in [-0.2, -0.15) is 0 Å². The van der Waals surface area contributed by atoms with E-state index in [1.807, 2.05) is 0 Å². The average Bonchev–Trinajstić information content (AvgIpc) is 3.03. The molecule has 5 nitrogen and oxygen atoms in total. The van der Waals surface area contributed by atoms with E-state index in [4.69, 9.17) is 0 Å². The van der Waals surface area contributed by atoms with E-state index in [-0.39, 0.29) is 23.8 Å². The van der Waals surface area contributed by atoms with Crippen molar-refractivity contribution in [2.45, 2.75) is 6.54 Å². The minimum Gasteiger partial charge on any atom is -0.335 e. The Morgan fingerprint density at radius 3 is 2.83 bits per heavy atom. The lowest BCUT2D eigenvalue weighted by molar-refractivity contribution is -0.125. The monoisotopic (exact) mass is 343 g/mol. The van der Waals surface area contributed by atoms with Crippen LogP contribution in [0.25, 0.3) is 16.3 Å². The minimum absolute atomic E-state index is 0.188. The lowest BCUT2D eigenvalue weighted by Gasteiger charge is -2.14. The van der Waals surface area contributed by atoms with Gasteiger partial charge in [0.2, 0.25) is 5.91 Å². The van der Waals surface area contributed by atoms with Gasteiger partial charge in [-0.3, -0.25) is 9.59 Å². The second-order valence-corrected chi connectivity index (χ2v) is 6.14. The van der Waals surface area contributed by atoms with Crippen molar-refractivity contribution in [3.8, 4) is 0 Å². The SMILES string of the molecule is CN(Cc1nc2ccsc2c(=O)[nH]1)C(=O)/C=C/c1ccc(F)cc1. The highest BCUT2D eigenvalue weighted by Gasteiger charge is 2.10. The number of thiophene rings is 1. The smallest absolute Gasteiger partial charge is 0.268 e. The third-order valence-corrected chi connectivity index (χ3v) is 4.32. The quantitative estimate of drug-likeness (QED) is 0.741. The van der Waals surface area contributed by atoms with Crippen LogP contribution in [-0.4, -0.2) is 27.8 Å². The molecule has 1 N–H and O–H groups in total. The van der Waals surface area contributed by atoms with Crippen LogP contribution in [0.15, 0.2) is 46.6 Å². The number of aromatic amines is 1. The molecule has 0 aliphatic rings. The largest absolute Gasteiger partial charge is 0.335 e. The number of nitrogens with zero attached hydrogens (tertiary/aromatic N) is 2. The first-order valence-corrected chi connectivity index (χ1v) is 8.06. The second kappa shape index (κ2) is 6.76. The third-order valence-electron chi connectivity index (χ3n) is 3.42. The molecule has 0 atom stereocenters. The molecule has 0 unspecified atom stereocenters. The molecule has 1 aromatic carbocycles. The number of hydrogen-bond donors (Lipinski definition) is 1. The summed E-state index contributed by atoms with van der Waals surface area (Å²) in [5, 5.41) is 1.80. The molecular weight excluding hydrogens is 329 g/mol. The highest BCUT2D eigenvalue weighted by atomic mass is 32.1. The molecule has 122 valence electrons. The van der Waals surface area contributed by atoms with E-state index in [0.717, 1.165) is 5.56 Å². The first-order chi connectivity index (χ1) is 11.5. The molecule has 0 saturated heterocycles. The summed E-state index contributed by atoms with van der Waals surface area (Å²) < 4.78 is 13.4. The zero-order valence-electron chi connectivity index (χ0n) is 12.8. The highest BCUT2D eigenvalue weighted by molar-refractivity contribution is 7.17. The Kier molecular flexibility index (Phi) is 4.52. The molecule has 0 aliphatic heterocycles. The fourth-order valence-corrected chi connectivity index (χ4v) is 2.89. The number of carbonyl (C=O) groups is 1. The molecule has 0 fully saturated rings. The van der Waals surface area contributed by atoms with Gasteiger partial charge in [-0.1, -0.05) is 12.1 Å². The van der Waals surface area contributed by atoms with E-state index in [1.54, 1.807) is 36.7 Å². The first-order valence-electron chi connectivity index (χ1n) is 7.18. The zero-order valence-corrected chi connectivity index (χ0v) is 13.6. The maximum Gasteiger partial charge on any atom is 0.268 e. The predicted molar refractivity (Wildman–Crippen MR) is 92.1 cm³/mol. The van der Waals surface area contributed by atoms with Crippen LogP contribution >= 0.6 is 11.3 Å². The van der Waals surface area contributed by atoms with Gasteiger partial charge in [0.25, 0.3) is 5.56 Å². The zero-order chi connectivity index (χ0) is 17.1.